The molecule has 2 N–H and O–H groups in total. The molecule has 22 heavy (non-hydrogen) atoms. The Morgan fingerprint density at radius 2 is 2.05 bits per heavy atom. The minimum atomic E-state index is -0.496. The number of hydrogen-bond donors (Lipinski definition) is 2. The molecule has 0 unspecified atom stereocenters. The van der Waals surface area contributed by atoms with E-state index < -0.39 is 4.92 Å². The highest BCUT2D eigenvalue weighted by Crippen LogP contribution is 2.33. The zero-order valence-electron chi connectivity index (χ0n) is 11.8. The summed E-state index contributed by atoms with van der Waals surface area (Å²) in [6.45, 7) is 3.10. The molecular formula is C13H18Cl2N4O3. The molecule has 122 valence electrons. The van der Waals surface area contributed by atoms with Crippen molar-refractivity contribution in [2.24, 2.45) is 0 Å². The number of non-ortho nitro benzene ring substituents is 1. The summed E-state index contributed by atoms with van der Waals surface area (Å²) >= 11 is 0. The number of nitrogens with one attached hydrogen (secondary N) is 1. The molecule has 0 saturated carbocycles. The van der Waals surface area contributed by atoms with E-state index in [1.54, 1.807) is 0 Å². The molecular weight excluding hydrogens is 331 g/mol. The molecule has 0 aliphatic carbocycles. The van der Waals surface area contributed by atoms with Gasteiger partial charge in [0.25, 0.3) is 5.69 Å². The van der Waals surface area contributed by atoms with E-state index in [9.17, 15) is 15.2 Å². The van der Waals surface area contributed by atoms with E-state index >= 15 is 0 Å². The summed E-state index contributed by atoms with van der Waals surface area (Å²) in [4.78, 5) is 12.4. The highest BCUT2D eigenvalue weighted by Gasteiger charge is 2.26. The minimum absolute atomic E-state index is 0. The van der Waals surface area contributed by atoms with E-state index in [0.717, 1.165) is 26.2 Å². The van der Waals surface area contributed by atoms with Crippen molar-refractivity contribution < 1.29 is 10.0 Å². The average Bonchev–Trinajstić information content (AvgIpc) is 2.46. The number of nitro groups is 1. The normalized spacial score (nSPS) is 15.8. The SMILES string of the molecule is Cl.Cl.N#CC[C@H](c1cc([N+](=O)[O-])ccc1O)N1CCNCC1. The van der Waals surface area contributed by atoms with Crippen molar-refractivity contribution in [1.29, 1.82) is 5.26 Å². The van der Waals surface area contributed by atoms with Crippen LogP contribution in [0.2, 0.25) is 0 Å². The maximum Gasteiger partial charge on any atom is 0.270 e. The smallest absolute Gasteiger partial charge is 0.270 e. The third kappa shape index (κ3) is 4.71. The van der Waals surface area contributed by atoms with Gasteiger partial charge in [-0.3, -0.25) is 15.0 Å². The zero-order chi connectivity index (χ0) is 14.5. The molecule has 1 aromatic carbocycles. The van der Waals surface area contributed by atoms with Gasteiger partial charge in [-0.2, -0.15) is 5.26 Å². The fourth-order valence-electron chi connectivity index (χ4n) is 2.44. The molecule has 1 aliphatic heterocycles. The Morgan fingerprint density at radius 3 is 2.59 bits per heavy atom. The van der Waals surface area contributed by atoms with Crippen LogP contribution in [0.4, 0.5) is 5.69 Å². The van der Waals surface area contributed by atoms with Crippen LogP contribution in [0.5, 0.6) is 5.75 Å². The molecule has 1 atom stereocenters. The van der Waals surface area contributed by atoms with Crippen molar-refractivity contribution in [2.75, 3.05) is 26.2 Å². The van der Waals surface area contributed by atoms with Gasteiger partial charge >= 0.3 is 0 Å². The Labute approximate surface area is 140 Å². The first-order chi connectivity index (χ1) is 9.63. The van der Waals surface area contributed by atoms with Gasteiger partial charge < -0.3 is 10.4 Å². The Morgan fingerprint density at radius 1 is 1.41 bits per heavy atom. The number of aromatic hydroxyl groups is 1. The Balaban J connectivity index is 0.00000220. The van der Waals surface area contributed by atoms with Gasteiger partial charge in [0.1, 0.15) is 5.75 Å². The van der Waals surface area contributed by atoms with Crippen LogP contribution >= 0.6 is 24.8 Å². The van der Waals surface area contributed by atoms with E-state index in [1.807, 2.05) is 0 Å². The molecule has 0 aromatic heterocycles. The number of phenols is 1. The lowest BCUT2D eigenvalue weighted by atomic mass is 10.00. The molecule has 7 nitrogen and oxygen atoms in total. The molecule has 2 rings (SSSR count). The Kier molecular flexibility index (Phi) is 8.75. The first-order valence-corrected chi connectivity index (χ1v) is 6.42. The molecule has 0 bridgehead atoms. The molecule has 9 heteroatoms. The lowest BCUT2D eigenvalue weighted by Crippen LogP contribution is -2.45. The number of piperazine rings is 1. The number of nitriles is 1. The molecule has 1 aliphatic rings. The molecule has 0 radical (unpaired) electrons. The molecule has 1 heterocycles. The van der Waals surface area contributed by atoms with Crippen molar-refractivity contribution in [2.45, 2.75) is 12.5 Å². The minimum Gasteiger partial charge on any atom is -0.508 e. The predicted octanol–water partition coefficient (Wildman–Crippen LogP) is 2.00. The number of nitrogens with zero attached hydrogens (tertiary/aromatic N) is 3. The number of nitro benzene ring substituents is 1. The van der Waals surface area contributed by atoms with Crippen LogP contribution in [0.1, 0.15) is 18.0 Å². The average molecular weight is 349 g/mol. The van der Waals surface area contributed by atoms with Crippen LogP contribution in [-0.4, -0.2) is 41.1 Å². The lowest BCUT2D eigenvalue weighted by molar-refractivity contribution is -0.385. The summed E-state index contributed by atoms with van der Waals surface area (Å²) in [7, 11) is 0. The van der Waals surface area contributed by atoms with Crippen LogP contribution in [-0.2, 0) is 0 Å². The van der Waals surface area contributed by atoms with Crippen LogP contribution in [0.3, 0.4) is 0 Å². The molecule has 1 aromatic rings. The maximum absolute atomic E-state index is 10.9. The predicted molar refractivity (Wildman–Crippen MR) is 86.7 cm³/mol. The van der Waals surface area contributed by atoms with Gasteiger partial charge in [-0.25, -0.2) is 0 Å². The summed E-state index contributed by atoms with van der Waals surface area (Å²) in [5.41, 5.74) is 0.374. The van der Waals surface area contributed by atoms with Gasteiger partial charge in [-0.15, -0.1) is 24.8 Å². The standard InChI is InChI=1S/C13H16N4O3.2ClH/c14-4-3-12(16-7-5-15-6-8-16)11-9-10(17(19)20)1-2-13(11)18;;/h1-2,9,12,15,18H,3,5-8H2;2*1H/t12-;;/m1../s1. The fraction of sp³-hybridized carbons (Fsp3) is 0.462. The topological polar surface area (TPSA) is 102 Å². The van der Waals surface area contributed by atoms with Crippen molar-refractivity contribution in [3.63, 3.8) is 0 Å². The van der Waals surface area contributed by atoms with Crippen molar-refractivity contribution in [3.05, 3.63) is 33.9 Å². The Bertz CT molecular complexity index is 545. The highest BCUT2D eigenvalue weighted by molar-refractivity contribution is 5.85. The van der Waals surface area contributed by atoms with Crippen molar-refractivity contribution in [3.8, 4) is 11.8 Å². The van der Waals surface area contributed by atoms with Gasteiger partial charge in [0, 0.05) is 43.9 Å². The first kappa shape index (κ1) is 20.4. The molecule has 1 saturated heterocycles. The third-order valence-electron chi connectivity index (χ3n) is 3.46. The quantitative estimate of drug-likeness (QED) is 0.637. The van der Waals surface area contributed by atoms with Crippen LogP contribution < -0.4 is 5.32 Å². The van der Waals surface area contributed by atoms with Crippen LogP contribution in [0.15, 0.2) is 18.2 Å². The van der Waals surface area contributed by atoms with Gasteiger partial charge in [0.05, 0.1) is 23.5 Å². The summed E-state index contributed by atoms with van der Waals surface area (Å²) in [6, 6.07) is 5.72. The van der Waals surface area contributed by atoms with Crippen molar-refractivity contribution >= 4 is 30.5 Å². The van der Waals surface area contributed by atoms with Gasteiger partial charge in [-0.05, 0) is 6.07 Å². The molecule has 1 fully saturated rings. The van der Waals surface area contributed by atoms with E-state index in [1.165, 1.54) is 18.2 Å². The second-order valence-electron chi connectivity index (χ2n) is 4.66. The monoisotopic (exact) mass is 348 g/mol. The largest absolute Gasteiger partial charge is 0.508 e. The van der Waals surface area contributed by atoms with Crippen molar-refractivity contribution in [1.82, 2.24) is 10.2 Å². The second-order valence-corrected chi connectivity index (χ2v) is 4.66. The summed E-state index contributed by atoms with van der Waals surface area (Å²) < 4.78 is 0. The second kappa shape index (κ2) is 9.43. The van der Waals surface area contributed by atoms with Gasteiger partial charge in [0.2, 0.25) is 0 Å². The number of halogens is 2. The van der Waals surface area contributed by atoms with Gasteiger partial charge in [0.15, 0.2) is 0 Å². The lowest BCUT2D eigenvalue weighted by Gasteiger charge is -2.34. The first-order valence-electron chi connectivity index (χ1n) is 6.42. The number of benzene rings is 1. The van der Waals surface area contributed by atoms with Crippen LogP contribution in [0.25, 0.3) is 0 Å². The zero-order valence-corrected chi connectivity index (χ0v) is 13.4. The van der Waals surface area contributed by atoms with E-state index in [4.69, 9.17) is 5.26 Å². The molecule has 0 spiro atoms. The Hall–Kier alpha value is -1.59. The maximum atomic E-state index is 10.9. The summed E-state index contributed by atoms with van der Waals surface area (Å²) in [5, 5.41) is 33.0. The van der Waals surface area contributed by atoms with E-state index in [2.05, 4.69) is 16.3 Å². The third-order valence-corrected chi connectivity index (χ3v) is 3.46. The van der Waals surface area contributed by atoms with E-state index in [-0.39, 0.29) is 48.7 Å². The van der Waals surface area contributed by atoms with Crippen LogP contribution in [0, 0.1) is 21.4 Å². The van der Waals surface area contributed by atoms with Gasteiger partial charge in [-0.1, -0.05) is 0 Å². The number of rotatable bonds is 4. The highest BCUT2D eigenvalue weighted by atomic mass is 35.5. The summed E-state index contributed by atoms with van der Waals surface area (Å²) in [5.74, 6) is -0.00520. The fourth-order valence-corrected chi connectivity index (χ4v) is 2.44. The molecule has 0 amide bonds. The number of hydrogen-bond acceptors (Lipinski definition) is 6. The number of phenolic OH excluding ortho intramolecular Hbond substituents is 1. The van der Waals surface area contributed by atoms with E-state index in [0.29, 0.717) is 5.56 Å². The summed E-state index contributed by atoms with van der Waals surface area (Å²) in [6.07, 6.45) is 0.189.